The maximum Gasteiger partial charge on any atom is 0.404 e. The van der Waals surface area contributed by atoms with E-state index < -0.39 is 16.8 Å². The van der Waals surface area contributed by atoms with Gasteiger partial charge in [-0.3, -0.25) is 4.79 Å². The summed E-state index contributed by atoms with van der Waals surface area (Å²) >= 11 is 3.02. The van der Waals surface area contributed by atoms with E-state index in [9.17, 15) is 14.9 Å². The van der Waals surface area contributed by atoms with Gasteiger partial charge in [0.1, 0.15) is 4.47 Å². The van der Waals surface area contributed by atoms with Crippen LogP contribution in [0.2, 0.25) is 0 Å². The molecule has 1 N–H and O–H groups in total. The first-order valence-electron chi connectivity index (χ1n) is 4.62. The van der Waals surface area contributed by atoms with Gasteiger partial charge in [-0.1, -0.05) is 0 Å². The van der Waals surface area contributed by atoms with Gasteiger partial charge in [0.05, 0.1) is 23.3 Å². The number of aliphatic carboxylic acids is 1. The average molecular weight is 290 g/mol. The molecular weight excluding hydrogens is 282 g/mol. The molecule has 2 atom stereocenters. The summed E-state index contributed by atoms with van der Waals surface area (Å²) in [6, 6.07) is -0.275. The van der Waals surface area contributed by atoms with Gasteiger partial charge in [-0.15, -0.1) is 0 Å². The van der Waals surface area contributed by atoms with Crippen LogP contribution >= 0.6 is 15.9 Å². The molecule has 0 radical (unpaired) electrons. The molecule has 8 heteroatoms. The Labute approximate surface area is 98.3 Å². The summed E-state index contributed by atoms with van der Waals surface area (Å²) in [6.07, 6.45) is 2.73. The Bertz CT molecular complexity index is 458. The minimum Gasteiger partial charge on any atom is -0.481 e. The molecule has 1 saturated carbocycles. The van der Waals surface area contributed by atoms with Gasteiger partial charge >= 0.3 is 11.8 Å². The lowest BCUT2D eigenvalue weighted by atomic mass is 9.80. The number of rotatable bonds is 3. The maximum absolute atomic E-state index is 10.8. The van der Waals surface area contributed by atoms with E-state index in [-0.39, 0.29) is 16.3 Å². The number of nitro groups is 1. The summed E-state index contributed by atoms with van der Waals surface area (Å²) in [6.45, 7) is 0. The third kappa shape index (κ3) is 1.69. The van der Waals surface area contributed by atoms with Crippen LogP contribution in [0.4, 0.5) is 5.82 Å². The number of hydrogen-bond donors (Lipinski definition) is 1. The Kier molecular flexibility index (Phi) is 2.66. The maximum atomic E-state index is 10.8. The first kappa shape index (κ1) is 11.1. The van der Waals surface area contributed by atoms with Crippen LogP contribution in [0.1, 0.15) is 18.9 Å². The van der Waals surface area contributed by atoms with Gasteiger partial charge < -0.3 is 15.2 Å². The summed E-state index contributed by atoms with van der Waals surface area (Å²) < 4.78 is 1.64. The van der Waals surface area contributed by atoms with Crippen molar-refractivity contribution in [1.29, 1.82) is 0 Å². The molecule has 86 valence electrons. The number of nitrogens with zero attached hydrogens (tertiary/aromatic N) is 3. The van der Waals surface area contributed by atoms with Crippen LogP contribution in [-0.2, 0) is 4.79 Å². The fourth-order valence-corrected chi connectivity index (χ4v) is 2.17. The normalized spacial score (nSPS) is 23.8. The van der Waals surface area contributed by atoms with Crippen molar-refractivity contribution in [2.45, 2.75) is 18.9 Å². The molecule has 2 unspecified atom stereocenters. The zero-order valence-corrected chi connectivity index (χ0v) is 9.62. The van der Waals surface area contributed by atoms with Crippen LogP contribution in [0, 0.1) is 16.0 Å². The first-order valence-corrected chi connectivity index (χ1v) is 5.42. The number of carbonyl (C=O) groups is 1. The first-order chi connectivity index (χ1) is 7.50. The molecule has 1 fully saturated rings. The summed E-state index contributed by atoms with van der Waals surface area (Å²) in [7, 11) is 0. The van der Waals surface area contributed by atoms with Crippen LogP contribution in [0.3, 0.4) is 0 Å². The SMILES string of the molecule is O=C(O)C1CCC1n1cc(Br)c([N+](=O)[O-])n1. The molecule has 2 rings (SSSR count). The zero-order valence-electron chi connectivity index (χ0n) is 8.04. The topological polar surface area (TPSA) is 98.3 Å². The van der Waals surface area contributed by atoms with E-state index in [0.717, 1.165) is 0 Å². The Morgan fingerprint density at radius 2 is 2.38 bits per heavy atom. The largest absolute Gasteiger partial charge is 0.481 e. The summed E-state index contributed by atoms with van der Waals surface area (Å²) in [5.74, 6) is -1.66. The van der Waals surface area contributed by atoms with Crippen molar-refractivity contribution in [3.8, 4) is 0 Å². The van der Waals surface area contributed by atoms with Gasteiger partial charge in [-0.25, -0.2) is 0 Å². The molecule has 7 nitrogen and oxygen atoms in total. The second kappa shape index (κ2) is 3.85. The van der Waals surface area contributed by atoms with Crippen molar-refractivity contribution in [2.24, 2.45) is 5.92 Å². The van der Waals surface area contributed by atoms with Crippen LogP contribution in [0.15, 0.2) is 10.7 Å². The second-order valence-electron chi connectivity index (χ2n) is 3.63. The molecule has 1 heterocycles. The fourth-order valence-electron chi connectivity index (χ4n) is 1.74. The molecule has 1 aromatic heterocycles. The molecule has 0 bridgehead atoms. The van der Waals surface area contributed by atoms with Gasteiger partial charge in [0, 0.05) is 0 Å². The molecule has 0 aliphatic heterocycles. The predicted molar refractivity (Wildman–Crippen MR) is 56.0 cm³/mol. The average Bonchev–Trinajstić information content (AvgIpc) is 2.43. The van der Waals surface area contributed by atoms with E-state index >= 15 is 0 Å². The van der Waals surface area contributed by atoms with E-state index in [1.54, 1.807) is 0 Å². The summed E-state index contributed by atoms with van der Waals surface area (Å²) in [5, 5.41) is 23.2. The van der Waals surface area contributed by atoms with E-state index in [0.29, 0.717) is 12.8 Å². The Hall–Kier alpha value is -1.44. The van der Waals surface area contributed by atoms with Gasteiger partial charge in [-0.2, -0.15) is 4.68 Å². The molecule has 1 aliphatic rings. The highest BCUT2D eigenvalue weighted by Gasteiger charge is 2.41. The monoisotopic (exact) mass is 289 g/mol. The van der Waals surface area contributed by atoms with E-state index in [4.69, 9.17) is 5.11 Å². The molecular formula is C8H8BrN3O4. The minimum atomic E-state index is -0.884. The van der Waals surface area contributed by atoms with Crippen molar-refractivity contribution in [2.75, 3.05) is 0 Å². The van der Waals surface area contributed by atoms with Gasteiger partial charge in [-0.05, 0) is 33.7 Å². The fraction of sp³-hybridized carbons (Fsp3) is 0.500. The van der Waals surface area contributed by atoms with Gasteiger partial charge in [0.25, 0.3) is 0 Å². The molecule has 16 heavy (non-hydrogen) atoms. The quantitative estimate of drug-likeness (QED) is 0.673. The Morgan fingerprint density at radius 1 is 1.69 bits per heavy atom. The van der Waals surface area contributed by atoms with Crippen LogP contribution in [0.5, 0.6) is 0 Å². The predicted octanol–water partition coefficient (Wildman–Crippen LogP) is 1.59. The van der Waals surface area contributed by atoms with Crippen molar-refractivity contribution in [1.82, 2.24) is 9.78 Å². The van der Waals surface area contributed by atoms with E-state index in [1.807, 2.05) is 0 Å². The Morgan fingerprint density at radius 3 is 2.75 bits per heavy atom. The highest BCUT2D eigenvalue weighted by molar-refractivity contribution is 9.10. The smallest absolute Gasteiger partial charge is 0.404 e. The molecule has 0 aromatic carbocycles. The van der Waals surface area contributed by atoms with Crippen LogP contribution < -0.4 is 0 Å². The van der Waals surface area contributed by atoms with Crippen molar-refractivity contribution >= 4 is 27.7 Å². The second-order valence-corrected chi connectivity index (χ2v) is 4.48. The van der Waals surface area contributed by atoms with E-state index in [1.165, 1.54) is 10.9 Å². The zero-order chi connectivity index (χ0) is 11.9. The lowest BCUT2D eigenvalue weighted by molar-refractivity contribution is -0.390. The lowest BCUT2D eigenvalue weighted by Gasteiger charge is -2.31. The molecule has 0 saturated heterocycles. The van der Waals surface area contributed by atoms with Crippen molar-refractivity contribution < 1.29 is 14.8 Å². The Balaban J connectivity index is 2.25. The van der Waals surface area contributed by atoms with Crippen molar-refractivity contribution in [3.63, 3.8) is 0 Å². The van der Waals surface area contributed by atoms with Gasteiger partial charge in [0.2, 0.25) is 0 Å². The van der Waals surface area contributed by atoms with E-state index in [2.05, 4.69) is 21.0 Å². The molecule has 0 amide bonds. The number of halogens is 1. The number of hydrogen-bond acceptors (Lipinski definition) is 4. The summed E-state index contributed by atoms with van der Waals surface area (Å²) in [4.78, 5) is 20.8. The molecule has 1 aromatic rings. The highest BCUT2D eigenvalue weighted by atomic mass is 79.9. The number of carboxylic acids is 1. The number of carboxylic acid groups (broad SMARTS) is 1. The standard InChI is InChI=1S/C8H8BrN3O4/c9-5-3-11(10-7(5)12(15)16)6-2-1-4(6)8(13)14/h3-4,6H,1-2H2,(H,13,14). The number of aromatic nitrogens is 2. The molecule has 1 aliphatic carbocycles. The lowest BCUT2D eigenvalue weighted by Crippen LogP contribution is -2.35. The van der Waals surface area contributed by atoms with Crippen molar-refractivity contribution in [3.05, 3.63) is 20.8 Å². The summed E-state index contributed by atoms with van der Waals surface area (Å²) in [5.41, 5.74) is 0. The minimum absolute atomic E-state index is 0.272. The van der Waals surface area contributed by atoms with Crippen LogP contribution in [-0.4, -0.2) is 25.8 Å². The third-order valence-electron chi connectivity index (χ3n) is 2.74. The highest BCUT2D eigenvalue weighted by Crippen LogP contribution is 2.39. The van der Waals surface area contributed by atoms with Crippen LogP contribution in [0.25, 0.3) is 0 Å². The third-order valence-corrected chi connectivity index (χ3v) is 3.30. The van der Waals surface area contributed by atoms with Gasteiger partial charge in [0.15, 0.2) is 0 Å². The molecule has 0 spiro atoms.